The molecule has 0 aliphatic rings. The van der Waals surface area contributed by atoms with Crippen molar-refractivity contribution in [3.63, 3.8) is 0 Å². The van der Waals surface area contributed by atoms with E-state index in [1.165, 1.54) is 16.7 Å². The molecule has 0 aromatic heterocycles. The van der Waals surface area contributed by atoms with Crippen LogP contribution in [0.4, 0.5) is 0 Å². The van der Waals surface area contributed by atoms with Gasteiger partial charge in [0.1, 0.15) is 0 Å². The van der Waals surface area contributed by atoms with E-state index < -0.39 is 0 Å². The van der Waals surface area contributed by atoms with E-state index in [-0.39, 0.29) is 11.5 Å². The Hall–Kier alpha value is -0.860. The van der Waals surface area contributed by atoms with Crippen LogP contribution in [0.25, 0.3) is 0 Å². The maximum atomic E-state index is 6.05. The number of nitrogens with zero attached hydrogens (tertiary/aromatic N) is 1. The fraction of sp³-hybridized carbons (Fsp3) is 0.647. The van der Waals surface area contributed by atoms with Crippen LogP contribution in [0.5, 0.6) is 0 Å². The maximum Gasteiger partial charge on any atom is 0.0473 e. The number of nitrogens with two attached hydrogens (primary N) is 1. The van der Waals surface area contributed by atoms with Gasteiger partial charge in [0.15, 0.2) is 0 Å². The van der Waals surface area contributed by atoms with Gasteiger partial charge in [-0.1, -0.05) is 44.5 Å². The Bertz CT molecular complexity index is 418. The van der Waals surface area contributed by atoms with Crippen molar-refractivity contribution in [1.29, 1.82) is 0 Å². The van der Waals surface area contributed by atoms with E-state index in [1.807, 2.05) is 0 Å². The van der Waals surface area contributed by atoms with E-state index in [2.05, 4.69) is 71.7 Å². The lowest BCUT2D eigenvalue weighted by molar-refractivity contribution is 0.0998. The van der Waals surface area contributed by atoms with E-state index in [9.17, 15) is 0 Å². The molecule has 0 spiro atoms. The van der Waals surface area contributed by atoms with Gasteiger partial charge in [-0.05, 0) is 44.4 Å². The Kier molecular flexibility index (Phi) is 5.17. The van der Waals surface area contributed by atoms with Crippen molar-refractivity contribution in [2.75, 3.05) is 13.6 Å². The summed E-state index contributed by atoms with van der Waals surface area (Å²) in [5, 5.41) is 0. The van der Waals surface area contributed by atoms with Crippen molar-refractivity contribution in [2.24, 2.45) is 11.1 Å². The standard InChI is InChI=1S/C17H30N2/c1-12-8-9-15(13(2)10-12)16(11-18)19(7)14(3)17(4,5)6/h8-10,14,16H,11,18H2,1-7H3. The molecule has 2 atom stereocenters. The molecule has 0 fully saturated rings. The highest BCUT2D eigenvalue weighted by atomic mass is 15.2. The Morgan fingerprint density at radius 1 is 1.21 bits per heavy atom. The summed E-state index contributed by atoms with van der Waals surface area (Å²) in [7, 11) is 2.19. The van der Waals surface area contributed by atoms with Crippen molar-refractivity contribution in [2.45, 2.75) is 53.6 Å². The third-order valence-electron chi connectivity index (χ3n) is 4.36. The number of benzene rings is 1. The normalized spacial score (nSPS) is 15.6. The largest absolute Gasteiger partial charge is 0.329 e. The molecule has 0 radical (unpaired) electrons. The summed E-state index contributed by atoms with van der Waals surface area (Å²) < 4.78 is 0. The summed E-state index contributed by atoms with van der Waals surface area (Å²) in [5.41, 5.74) is 10.3. The van der Waals surface area contributed by atoms with Gasteiger partial charge in [-0.15, -0.1) is 0 Å². The molecule has 1 rings (SSSR count). The van der Waals surface area contributed by atoms with Crippen LogP contribution in [0.3, 0.4) is 0 Å². The van der Waals surface area contributed by atoms with Crippen molar-refractivity contribution in [1.82, 2.24) is 4.90 Å². The average Bonchev–Trinajstić information content (AvgIpc) is 2.30. The molecule has 19 heavy (non-hydrogen) atoms. The van der Waals surface area contributed by atoms with Crippen molar-refractivity contribution in [3.8, 4) is 0 Å². The fourth-order valence-corrected chi connectivity index (χ4v) is 2.59. The average molecular weight is 262 g/mol. The number of hydrogen-bond donors (Lipinski definition) is 1. The molecule has 2 N–H and O–H groups in total. The zero-order valence-electron chi connectivity index (χ0n) is 13.6. The Morgan fingerprint density at radius 3 is 2.21 bits per heavy atom. The molecule has 2 heteroatoms. The van der Waals surface area contributed by atoms with E-state index in [0.29, 0.717) is 12.6 Å². The number of aryl methyl sites for hydroxylation is 2. The molecule has 108 valence electrons. The molecular weight excluding hydrogens is 232 g/mol. The molecule has 1 aromatic carbocycles. The molecule has 2 nitrogen and oxygen atoms in total. The summed E-state index contributed by atoms with van der Waals surface area (Å²) in [4.78, 5) is 2.41. The maximum absolute atomic E-state index is 6.05. The SMILES string of the molecule is Cc1ccc(C(CN)N(C)C(C)C(C)(C)C)c(C)c1. The molecular formula is C17H30N2. The Labute approximate surface area is 119 Å². The summed E-state index contributed by atoms with van der Waals surface area (Å²) >= 11 is 0. The summed E-state index contributed by atoms with van der Waals surface area (Å²) in [6.45, 7) is 14.1. The van der Waals surface area contributed by atoms with Crippen LogP contribution in [0, 0.1) is 19.3 Å². The van der Waals surface area contributed by atoms with Gasteiger partial charge in [0.2, 0.25) is 0 Å². The zero-order chi connectivity index (χ0) is 14.8. The highest BCUT2D eigenvalue weighted by Gasteiger charge is 2.29. The second kappa shape index (κ2) is 6.06. The van der Waals surface area contributed by atoms with Gasteiger partial charge in [-0.3, -0.25) is 4.90 Å². The van der Waals surface area contributed by atoms with Crippen molar-refractivity contribution < 1.29 is 0 Å². The van der Waals surface area contributed by atoms with Gasteiger partial charge in [0.05, 0.1) is 0 Å². The molecule has 0 aliphatic carbocycles. The monoisotopic (exact) mass is 262 g/mol. The van der Waals surface area contributed by atoms with Gasteiger partial charge in [0.25, 0.3) is 0 Å². The van der Waals surface area contributed by atoms with Crippen LogP contribution >= 0.6 is 0 Å². The first-order chi connectivity index (χ1) is 8.68. The van der Waals surface area contributed by atoms with Gasteiger partial charge in [-0.25, -0.2) is 0 Å². The predicted octanol–water partition coefficient (Wildman–Crippen LogP) is 3.67. The first-order valence-electron chi connectivity index (χ1n) is 7.17. The van der Waals surface area contributed by atoms with Crippen LogP contribution in [0.15, 0.2) is 18.2 Å². The second-order valence-corrected chi connectivity index (χ2v) is 6.82. The van der Waals surface area contributed by atoms with Crippen molar-refractivity contribution in [3.05, 3.63) is 34.9 Å². The highest BCUT2D eigenvalue weighted by molar-refractivity contribution is 5.33. The topological polar surface area (TPSA) is 29.3 Å². The van der Waals surface area contributed by atoms with Gasteiger partial charge >= 0.3 is 0 Å². The van der Waals surface area contributed by atoms with Crippen LogP contribution in [0.1, 0.15) is 50.4 Å². The summed E-state index contributed by atoms with van der Waals surface area (Å²) in [6, 6.07) is 7.42. The van der Waals surface area contributed by atoms with E-state index in [0.717, 1.165) is 0 Å². The Balaban J connectivity index is 3.06. The third kappa shape index (κ3) is 3.80. The number of rotatable bonds is 4. The van der Waals surface area contributed by atoms with E-state index >= 15 is 0 Å². The third-order valence-corrected chi connectivity index (χ3v) is 4.36. The minimum Gasteiger partial charge on any atom is -0.329 e. The lowest BCUT2D eigenvalue weighted by atomic mass is 9.85. The molecule has 0 heterocycles. The van der Waals surface area contributed by atoms with Crippen LogP contribution in [-0.4, -0.2) is 24.5 Å². The van der Waals surface area contributed by atoms with Gasteiger partial charge in [0, 0.05) is 18.6 Å². The van der Waals surface area contributed by atoms with Crippen LogP contribution < -0.4 is 5.73 Å². The summed E-state index contributed by atoms with van der Waals surface area (Å²) in [5.74, 6) is 0. The number of likely N-dealkylation sites (N-methyl/N-ethyl adjacent to an activating group) is 1. The summed E-state index contributed by atoms with van der Waals surface area (Å²) in [6.07, 6.45) is 0. The molecule has 2 unspecified atom stereocenters. The first kappa shape index (κ1) is 16.2. The predicted molar refractivity (Wildman–Crippen MR) is 84.4 cm³/mol. The zero-order valence-corrected chi connectivity index (χ0v) is 13.6. The van der Waals surface area contributed by atoms with Gasteiger partial charge < -0.3 is 5.73 Å². The molecule has 0 aliphatic heterocycles. The van der Waals surface area contributed by atoms with Gasteiger partial charge in [-0.2, -0.15) is 0 Å². The minimum atomic E-state index is 0.251. The lowest BCUT2D eigenvalue weighted by Crippen LogP contribution is -2.44. The smallest absolute Gasteiger partial charge is 0.0473 e. The lowest BCUT2D eigenvalue weighted by Gasteiger charge is -2.40. The minimum absolute atomic E-state index is 0.251. The molecule has 0 amide bonds. The van der Waals surface area contributed by atoms with E-state index in [4.69, 9.17) is 5.73 Å². The highest BCUT2D eigenvalue weighted by Crippen LogP contribution is 2.30. The fourth-order valence-electron chi connectivity index (χ4n) is 2.59. The number of hydrogen-bond acceptors (Lipinski definition) is 2. The Morgan fingerprint density at radius 2 is 1.79 bits per heavy atom. The molecule has 0 saturated carbocycles. The van der Waals surface area contributed by atoms with Crippen molar-refractivity contribution >= 4 is 0 Å². The quantitative estimate of drug-likeness (QED) is 0.897. The van der Waals surface area contributed by atoms with Crippen LogP contribution in [-0.2, 0) is 0 Å². The molecule has 0 bridgehead atoms. The molecule has 0 saturated heterocycles. The van der Waals surface area contributed by atoms with E-state index in [1.54, 1.807) is 0 Å². The molecule has 1 aromatic rings. The first-order valence-corrected chi connectivity index (χ1v) is 7.17. The van der Waals surface area contributed by atoms with Crippen LogP contribution in [0.2, 0.25) is 0 Å². The second-order valence-electron chi connectivity index (χ2n) is 6.82.